The van der Waals surface area contributed by atoms with Gasteiger partial charge < -0.3 is 10.2 Å². The van der Waals surface area contributed by atoms with E-state index >= 15 is 0 Å². The first-order valence-electron chi connectivity index (χ1n) is 8.57. The Bertz CT molecular complexity index is 424. The molecule has 6 heteroatoms. The Morgan fingerprint density at radius 3 is 2.17 bits per heavy atom. The summed E-state index contributed by atoms with van der Waals surface area (Å²) in [7, 11) is 0. The molecule has 0 aliphatic carbocycles. The molecule has 1 aromatic heterocycles. The van der Waals surface area contributed by atoms with Crippen molar-refractivity contribution in [1.29, 1.82) is 0 Å². The molecule has 128 valence electrons. The fraction of sp³-hybridized carbons (Fsp3) is 0.765. The van der Waals surface area contributed by atoms with Gasteiger partial charge in [0.2, 0.25) is 5.88 Å². The number of hydrogen-bond acceptors (Lipinski definition) is 3. The third kappa shape index (κ3) is 10.0. The number of carboxylic acid groups (broad SMARTS) is 1. The maximum atomic E-state index is 11.0. The molecule has 1 unspecified atom stereocenters. The third-order valence-electron chi connectivity index (χ3n) is 4.09. The van der Waals surface area contributed by atoms with Crippen LogP contribution in [0.5, 0.6) is 5.88 Å². The van der Waals surface area contributed by atoms with E-state index in [-0.39, 0.29) is 47.9 Å². The standard InChI is InChI=1S/C17H30N2O3.Na.H/c1-2-3-4-5-6-7-8-9-10-11-15(12-17(21)22)19-14-18-13-16(19)20;;/h13-15,20H,2-12H2,1H3,(H,21,22);;. The minimum absolute atomic E-state index is 0. The zero-order valence-corrected chi connectivity index (χ0v) is 13.7. The molecule has 1 atom stereocenters. The molecular formula is C17H31N2NaO3. The van der Waals surface area contributed by atoms with Crippen molar-refractivity contribution in [3.05, 3.63) is 12.5 Å². The van der Waals surface area contributed by atoms with E-state index in [1.807, 2.05) is 0 Å². The van der Waals surface area contributed by atoms with Crippen molar-refractivity contribution in [3.63, 3.8) is 0 Å². The zero-order valence-electron chi connectivity index (χ0n) is 13.7. The second kappa shape index (κ2) is 13.9. The van der Waals surface area contributed by atoms with Crippen LogP contribution in [0.4, 0.5) is 0 Å². The number of aliphatic carboxylic acids is 1. The van der Waals surface area contributed by atoms with Crippen LogP contribution in [-0.2, 0) is 4.79 Å². The van der Waals surface area contributed by atoms with Gasteiger partial charge in [0.05, 0.1) is 18.9 Å². The maximum absolute atomic E-state index is 11.0. The van der Waals surface area contributed by atoms with E-state index in [2.05, 4.69) is 11.9 Å². The molecule has 0 aliphatic heterocycles. The van der Waals surface area contributed by atoms with E-state index < -0.39 is 5.97 Å². The molecule has 0 bridgehead atoms. The Morgan fingerprint density at radius 1 is 1.13 bits per heavy atom. The quantitative estimate of drug-likeness (QED) is 0.424. The van der Waals surface area contributed by atoms with E-state index in [1.54, 1.807) is 4.57 Å². The van der Waals surface area contributed by atoms with Crippen LogP contribution < -0.4 is 0 Å². The Kier molecular flexibility index (Phi) is 13.6. The van der Waals surface area contributed by atoms with Gasteiger partial charge in [0, 0.05) is 6.04 Å². The van der Waals surface area contributed by atoms with Crippen molar-refractivity contribution in [2.75, 3.05) is 0 Å². The van der Waals surface area contributed by atoms with Gasteiger partial charge in [-0.1, -0.05) is 64.7 Å². The summed E-state index contributed by atoms with van der Waals surface area (Å²) in [6.45, 7) is 2.23. The first-order valence-corrected chi connectivity index (χ1v) is 8.57. The molecule has 0 saturated carbocycles. The van der Waals surface area contributed by atoms with Gasteiger partial charge in [-0.3, -0.25) is 9.36 Å². The molecule has 0 aromatic carbocycles. The predicted molar refractivity (Wildman–Crippen MR) is 94.2 cm³/mol. The molecule has 0 radical (unpaired) electrons. The Balaban J connectivity index is 0.00000484. The Labute approximate surface area is 161 Å². The van der Waals surface area contributed by atoms with Crippen LogP contribution in [0.25, 0.3) is 0 Å². The van der Waals surface area contributed by atoms with Crippen LogP contribution >= 0.6 is 0 Å². The van der Waals surface area contributed by atoms with Gasteiger partial charge in [-0.2, -0.15) is 0 Å². The van der Waals surface area contributed by atoms with Crippen molar-refractivity contribution >= 4 is 35.5 Å². The van der Waals surface area contributed by atoms with Gasteiger partial charge in [-0.15, -0.1) is 0 Å². The fourth-order valence-electron chi connectivity index (χ4n) is 2.81. The van der Waals surface area contributed by atoms with Crippen molar-refractivity contribution in [2.45, 2.75) is 83.6 Å². The van der Waals surface area contributed by atoms with Crippen LogP contribution in [0.2, 0.25) is 0 Å². The van der Waals surface area contributed by atoms with E-state index in [1.165, 1.54) is 57.5 Å². The van der Waals surface area contributed by atoms with Crippen molar-refractivity contribution in [2.24, 2.45) is 0 Å². The van der Waals surface area contributed by atoms with E-state index in [0.717, 1.165) is 19.3 Å². The van der Waals surface area contributed by atoms with E-state index in [9.17, 15) is 9.90 Å². The van der Waals surface area contributed by atoms with Crippen molar-refractivity contribution in [3.8, 4) is 5.88 Å². The molecule has 1 rings (SSSR count). The summed E-state index contributed by atoms with van der Waals surface area (Å²) in [4.78, 5) is 14.8. The van der Waals surface area contributed by atoms with Crippen LogP contribution in [0.3, 0.4) is 0 Å². The summed E-state index contributed by atoms with van der Waals surface area (Å²) in [5.41, 5.74) is 0. The second-order valence-corrected chi connectivity index (χ2v) is 6.03. The third-order valence-corrected chi connectivity index (χ3v) is 4.09. The first kappa shape index (κ1) is 22.5. The van der Waals surface area contributed by atoms with Crippen LogP contribution in [0.15, 0.2) is 12.5 Å². The number of hydrogen-bond donors (Lipinski definition) is 2. The number of unbranched alkanes of at least 4 members (excludes halogenated alkanes) is 8. The molecule has 1 heterocycles. The predicted octanol–water partition coefficient (Wildman–Crippen LogP) is 3.88. The molecule has 0 aliphatic rings. The van der Waals surface area contributed by atoms with E-state index in [4.69, 9.17) is 5.11 Å². The minimum atomic E-state index is -0.839. The number of carbonyl (C=O) groups is 1. The average molecular weight is 334 g/mol. The molecule has 0 saturated heterocycles. The summed E-state index contributed by atoms with van der Waals surface area (Å²) < 4.78 is 1.57. The summed E-state index contributed by atoms with van der Waals surface area (Å²) in [5.74, 6) is -0.795. The van der Waals surface area contributed by atoms with Crippen molar-refractivity contribution < 1.29 is 15.0 Å². The normalized spacial score (nSPS) is 11.9. The molecular weight excluding hydrogens is 303 g/mol. The second-order valence-electron chi connectivity index (χ2n) is 6.03. The topological polar surface area (TPSA) is 75.3 Å². The molecule has 0 amide bonds. The first-order chi connectivity index (χ1) is 10.6. The van der Waals surface area contributed by atoms with E-state index in [0.29, 0.717) is 0 Å². The molecule has 0 spiro atoms. The number of rotatable bonds is 13. The summed E-state index contributed by atoms with van der Waals surface area (Å²) in [6.07, 6.45) is 14.9. The number of imidazole rings is 1. The molecule has 1 aromatic rings. The summed E-state index contributed by atoms with van der Waals surface area (Å²) in [6, 6.07) is -0.204. The molecule has 23 heavy (non-hydrogen) atoms. The summed E-state index contributed by atoms with van der Waals surface area (Å²) >= 11 is 0. The number of nitrogens with zero attached hydrogens (tertiary/aromatic N) is 2. The SMILES string of the molecule is CCCCCCCCCCCC(CC(=O)O)n1cncc1O.[NaH]. The number of aromatic nitrogens is 2. The Hall–Kier alpha value is -0.520. The average Bonchev–Trinajstić information content (AvgIpc) is 2.90. The van der Waals surface area contributed by atoms with Gasteiger partial charge in [0.15, 0.2) is 0 Å². The number of carboxylic acids is 1. The van der Waals surface area contributed by atoms with Gasteiger partial charge in [-0.25, -0.2) is 4.98 Å². The van der Waals surface area contributed by atoms with Gasteiger partial charge in [0.1, 0.15) is 0 Å². The molecule has 5 nitrogen and oxygen atoms in total. The molecule has 2 N–H and O–H groups in total. The van der Waals surface area contributed by atoms with Crippen LogP contribution in [0, 0.1) is 0 Å². The molecule has 0 fully saturated rings. The van der Waals surface area contributed by atoms with Gasteiger partial charge in [-0.05, 0) is 6.42 Å². The monoisotopic (exact) mass is 334 g/mol. The zero-order chi connectivity index (χ0) is 16.2. The fourth-order valence-corrected chi connectivity index (χ4v) is 2.81. The van der Waals surface area contributed by atoms with Crippen molar-refractivity contribution in [1.82, 2.24) is 9.55 Å². The van der Waals surface area contributed by atoms with Gasteiger partial charge >= 0.3 is 35.5 Å². The number of aromatic hydroxyl groups is 1. The Morgan fingerprint density at radius 2 is 1.70 bits per heavy atom. The summed E-state index contributed by atoms with van der Waals surface area (Å²) in [5, 5.41) is 18.7. The van der Waals surface area contributed by atoms with Crippen LogP contribution in [0.1, 0.15) is 83.6 Å². The van der Waals surface area contributed by atoms with Gasteiger partial charge in [0.25, 0.3) is 0 Å². The van der Waals surface area contributed by atoms with Crippen LogP contribution in [-0.4, -0.2) is 55.3 Å².